The van der Waals surface area contributed by atoms with E-state index in [2.05, 4.69) is 5.10 Å². The molecule has 2 rings (SSSR count). The summed E-state index contributed by atoms with van der Waals surface area (Å²) < 4.78 is 1.87. The van der Waals surface area contributed by atoms with Gasteiger partial charge in [-0.25, -0.2) is 0 Å². The quantitative estimate of drug-likeness (QED) is 0.601. The third-order valence-corrected chi connectivity index (χ3v) is 2.34. The number of nitrogens with one attached hydrogen (secondary N) is 1. The van der Waals surface area contributed by atoms with E-state index in [0.717, 1.165) is 16.7 Å². The van der Waals surface area contributed by atoms with Crippen LogP contribution >= 0.6 is 0 Å². The lowest BCUT2D eigenvalue weighted by Crippen LogP contribution is -2.11. The zero-order valence-corrected chi connectivity index (χ0v) is 9.14. The van der Waals surface area contributed by atoms with Gasteiger partial charge in [0.05, 0.1) is 12.7 Å². The minimum absolute atomic E-state index is 0.0958. The summed E-state index contributed by atoms with van der Waals surface area (Å²) in [6.45, 7) is 2.71. The summed E-state index contributed by atoms with van der Waals surface area (Å²) in [6, 6.07) is 7.66. The van der Waals surface area contributed by atoms with E-state index in [1.54, 1.807) is 0 Å². The molecule has 0 aliphatic rings. The van der Waals surface area contributed by atoms with Gasteiger partial charge in [-0.15, -0.1) is 0 Å². The Morgan fingerprint density at radius 2 is 2.31 bits per heavy atom. The standard InChI is InChI=1S/C12H14N4/c1-9-6-15-16(7-9)8-10-3-2-4-11(5-10)12(13)14/h2-7H,8H2,1H3,(H3,13,14). The Bertz CT molecular complexity index is 513. The van der Waals surface area contributed by atoms with E-state index < -0.39 is 0 Å². The van der Waals surface area contributed by atoms with Crippen LogP contribution in [0.3, 0.4) is 0 Å². The number of aryl methyl sites for hydroxylation is 1. The zero-order valence-electron chi connectivity index (χ0n) is 9.14. The van der Waals surface area contributed by atoms with Crippen LogP contribution in [0.2, 0.25) is 0 Å². The number of hydrogen-bond acceptors (Lipinski definition) is 2. The number of amidine groups is 1. The lowest BCUT2D eigenvalue weighted by atomic mass is 10.1. The molecule has 0 saturated carbocycles. The molecule has 3 N–H and O–H groups in total. The van der Waals surface area contributed by atoms with Crippen LogP contribution in [0.5, 0.6) is 0 Å². The Morgan fingerprint density at radius 1 is 1.50 bits per heavy atom. The molecule has 0 aliphatic heterocycles. The summed E-state index contributed by atoms with van der Waals surface area (Å²) in [5, 5.41) is 11.6. The van der Waals surface area contributed by atoms with Gasteiger partial charge in [0.15, 0.2) is 0 Å². The normalized spacial score (nSPS) is 10.3. The van der Waals surface area contributed by atoms with Gasteiger partial charge >= 0.3 is 0 Å². The molecule has 0 aliphatic carbocycles. The molecule has 2 aromatic rings. The molecule has 0 amide bonds. The first-order valence-corrected chi connectivity index (χ1v) is 5.07. The Morgan fingerprint density at radius 3 is 2.94 bits per heavy atom. The summed E-state index contributed by atoms with van der Waals surface area (Å²) in [6.07, 6.45) is 3.81. The third kappa shape index (κ3) is 2.28. The van der Waals surface area contributed by atoms with Gasteiger partial charge in [-0.3, -0.25) is 10.1 Å². The number of benzene rings is 1. The van der Waals surface area contributed by atoms with Crippen molar-refractivity contribution in [1.82, 2.24) is 9.78 Å². The third-order valence-electron chi connectivity index (χ3n) is 2.34. The molecular weight excluding hydrogens is 200 g/mol. The van der Waals surface area contributed by atoms with E-state index in [0.29, 0.717) is 6.54 Å². The Balaban J connectivity index is 2.21. The number of nitrogen functional groups attached to an aromatic ring is 1. The highest BCUT2D eigenvalue weighted by Gasteiger charge is 2.00. The van der Waals surface area contributed by atoms with Gasteiger partial charge in [0.2, 0.25) is 0 Å². The van der Waals surface area contributed by atoms with Crippen molar-refractivity contribution in [2.45, 2.75) is 13.5 Å². The average Bonchev–Trinajstić information content (AvgIpc) is 2.64. The number of nitrogens with two attached hydrogens (primary N) is 1. The molecule has 4 heteroatoms. The largest absolute Gasteiger partial charge is 0.384 e. The molecule has 0 atom stereocenters. The van der Waals surface area contributed by atoms with Crippen molar-refractivity contribution in [3.63, 3.8) is 0 Å². The van der Waals surface area contributed by atoms with Gasteiger partial charge in [-0.1, -0.05) is 18.2 Å². The molecule has 0 fully saturated rings. The van der Waals surface area contributed by atoms with Crippen LogP contribution in [-0.2, 0) is 6.54 Å². The van der Waals surface area contributed by atoms with Crippen molar-refractivity contribution in [1.29, 1.82) is 5.41 Å². The van der Waals surface area contributed by atoms with Gasteiger partial charge in [0.1, 0.15) is 5.84 Å². The molecule has 1 aromatic carbocycles. The molecular formula is C12H14N4. The fraction of sp³-hybridized carbons (Fsp3) is 0.167. The lowest BCUT2D eigenvalue weighted by molar-refractivity contribution is 0.686. The highest BCUT2D eigenvalue weighted by molar-refractivity contribution is 5.95. The van der Waals surface area contributed by atoms with Crippen molar-refractivity contribution in [2.24, 2.45) is 5.73 Å². The highest BCUT2D eigenvalue weighted by atomic mass is 15.3. The molecule has 4 nitrogen and oxygen atoms in total. The first-order chi connectivity index (χ1) is 7.65. The molecule has 1 aromatic heterocycles. The maximum absolute atomic E-state index is 7.37. The van der Waals surface area contributed by atoms with Crippen LogP contribution in [0, 0.1) is 12.3 Å². The van der Waals surface area contributed by atoms with Gasteiger partial charge < -0.3 is 5.73 Å². The number of hydrogen-bond donors (Lipinski definition) is 2. The molecule has 82 valence electrons. The van der Waals surface area contributed by atoms with Crippen molar-refractivity contribution < 1.29 is 0 Å². The second kappa shape index (κ2) is 4.18. The Labute approximate surface area is 94.2 Å². The second-order valence-electron chi connectivity index (χ2n) is 3.83. The molecule has 0 radical (unpaired) electrons. The summed E-state index contributed by atoms with van der Waals surface area (Å²) in [4.78, 5) is 0. The minimum Gasteiger partial charge on any atom is -0.384 e. The fourth-order valence-corrected chi connectivity index (χ4v) is 1.58. The van der Waals surface area contributed by atoms with Crippen LogP contribution in [0.1, 0.15) is 16.7 Å². The maximum atomic E-state index is 7.37. The SMILES string of the molecule is Cc1cnn(Cc2cccc(C(=N)N)c2)c1. The summed E-state index contributed by atoms with van der Waals surface area (Å²) in [5.41, 5.74) is 8.43. The van der Waals surface area contributed by atoms with Gasteiger partial charge in [0, 0.05) is 11.8 Å². The first-order valence-electron chi connectivity index (χ1n) is 5.07. The summed E-state index contributed by atoms with van der Waals surface area (Å²) in [5.74, 6) is 0.0958. The lowest BCUT2D eigenvalue weighted by Gasteiger charge is -2.04. The minimum atomic E-state index is 0.0958. The van der Waals surface area contributed by atoms with Crippen molar-refractivity contribution in [3.8, 4) is 0 Å². The van der Waals surface area contributed by atoms with Gasteiger partial charge in [-0.2, -0.15) is 5.10 Å². The molecule has 1 heterocycles. The molecule has 16 heavy (non-hydrogen) atoms. The molecule has 0 unspecified atom stereocenters. The van der Waals surface area contributed by atoms with Crippen LogP contribution in [0.4, 0.5) is 0 Å². The predicted octanol–water partition coefficient (Wildman–Crippen LogP) is 1.52. The summed E-state index contributed by atoms with van der Waals surface area (Å²) >= 11 is 0. The van der Waals surface area contributed by atoms with Gasteiger partial charge in [-0.05, 0) is 24.1 Å². The maximum Gasteiger partial charge on any atom is 0.122 e. The van der Waals surface area contributed by atoms with E-state index in [9.17, 15) is 0 Å². The van der Waals surface area contributed by atoms with E-state index in [1.165, 1.54) is 0 Å². The van der Waals surface area contributed by atoms with Crippen LogP contribution < -0.4 is 5.73 Å². The van der Waals surface area contributed by atoms with Crippen molar-refractivity contribution >= 4 is 5.84 Å². The van der Waals surface area contributed by atoms with E-state index in [1.807, 2.05) is 48.3 Å². The van der Waals surface area contributed by atoms with Crippen LogP contribution in [0.25, 0.3) is 0 Å². The fourth-order valence-electron chi connectivity index (χ4n) is 1.58. The van der Waals surface area contributed by atoms with E-state index in [4.69, 9.17) is 11.1 Å². The zero-order chi connectivity index (χ0) is 11.5. The topological polar surface area (TPSA) is 67.7 Å². The summed E-state index contributed by atoms with van der Waals surface area (Å²) in [7, 11) is 0. The number of aromatic nitrogens is 2. The molecule has 0 bridgehead atoms. The Kier molecular flexibility index (Phi) is 2.72. The highest BCUT2D eigenvalue weighted by Crippen LogP contribution is 2.07. The molecule has 0 spiro atoms. The monoisotopic (exact) mass is 214 g/mol. The van der Waals surface area contributed by atoms with E-state index in [-0.39, 0.29) is 5.84 Å². The van der Waals surface area contributed by atoms with E-state index >= 15 is 0 Å². The van der Waals surface area contributed by atoms with Crippen LogP contribution in [0.15, 0.2) is 36.7 Å². The number of rotatable bonds is 3. The van der Waals surface area contributed by atoms with Crippen LogP contribution in [-0.4, -0.2) is 15.6 Å². The predicted molar refractivity (Wildman–Crippen MR) is 63.5 cm³/mol. The second-order valence-corrected chi connectivity index (χ2v) is 3.83. The van der Waals surface area contributed by atoms with Crippen molar-refractivity contribution in [2.75, 3.05) is 0 Å². The van der Waals surface area contributed by atoms with Crippen molar-refractivity contribution in [3.05, 3.63) is 53.3 Å². The molecule has 0 saturated heterocycles. The first kappa shape index (κ1) is 10.4. The number of nitrogens with zero attached hydrogens (tertiary/aromatic N) is 2. The Hall–Kier alpha value is -2.10. The smallest absolute Gasteiger partial charge is 0.122 e. The average molecular weight is 214 g/mol. The van der Waals surface area contributed by atoms with Gasteiger partial charge in [0.25, 0.3) is 0 Å².